The lowest BCUT2D eigenvalue weighted by Crippen LogP contribution is -2.52. The first kappa shape index (κ1) is 12.2. The van der Waals surface area contributed by atoms with Gasteiger partial charge in [0.1, 0.15) is 6.04 Å². The summed E-state index contributed by atoms with van der Waals surface area (Å²) < 4.78 is 0. The van der Waals surface area contributed by atoms with E-state index >= 15 is 0 Å². The minimum atomic E-state index is -0.628. The molecule has 0 amide bonds. The molecule has 1 saturated carbocycles. The molecule has 3 nitrogen and oxygen atoms in total. The van der Waals surface area contributed by atoms with Crippen LogP contribution in [0.2, 0.25) is 0 Å². The third-order valence-corrected chi connectivity index (χ3v) is 4.77. The highest BCUT2D eigenvalue weighted by molar-refractivity contribution is 7.99. The van der Waals surface area contributed by atoms with Crippen molar-refractivity contribution in [3.63, 3.8) is 0 Å². The van der Waals surface area contributed by atoms with Gasteiger partial charge < -0.3 is 5.11 Å². The van der Waals surface area contributed by atoms with E-state index in [4.69, 9.17) is 0 Å². The van der Waals surface area contributed by atoms with E-state index in [0.717, 1.165) is 18.1 Å². The van der Waals surface area contributed by atoms with Gasteiger partial charge in [-0.1, -0.05) is 25.7 Å². The van der Waals surface area contributed by atoms with Gasteiger partial charge in [-0.15, -0.1) is 0 Å². The second kappa shape index (κ2) is 5.92. The molecule has 92 valence electrons. The number of thioether (sulfide) groups is 1. The van der Waals surface area contributed by atoms with Crippen LogP contribution in [-0.4, -0.2) is 46.1 Å². The molecule has 16 heavy (non-hydrogen) atoms. The maximum Gasteiger partial charge on any atom is 0.321 e. The van der Waals surface area contributed by atoms with Crippen molar-refractivity contribution in [3.05, 3.63) is 0 Å². The molecule has 0 aromatic rings. The van der Waals surface area contributed by atoms with E-state index in [-0.39, 0.29) is 6.04 Å². The van der Waals surface area contributed by atoms with Gasteiger partial charge in [-0.2, -0.15) is 11.8 Å². The highest BCUT2D eigenvalue weighted by Gasteiger charge is 2.33. The molecule has 0 aromatic heterocycles. The fraction of sp³-hybridized carbons (Fsp3) is 0.917. The summed E-state index contributed by atoms with van der Waals surface area (Å²) in [5.74, 6) is 1.24. The van der Waals surface area contributed by atoms with E-state index in [2.05, 4.69) is 4.90 Å². The summed E-state index contributed by atoms with van der Waals surface area (Å²) in [6, 6.07) is 0.298. The highest BCUT2D eigenvalue weighted by Crippen LogP contribution is 2.27. The number of carboxylic acids is 1. The summed E-state index contributed by atoms with van der Waals surface area (Å²) in [7, 11) is 0. The summed E-state index contributed by atoms with van der Waals surface area (Å²) >= 11 is 1.78. The van der Waals surface area contributed by atoms with Crippen molar-refractivity contribution in [2.24, 2.45) is 0 Å². The molecular weight excluding hydrogens is 222 g/mol. The monoisotopic (exact) mass is 243 g/mol. The van der Waals surface area contributed by atoms with Crippen molar-refractivity contribution in [2.45, 2.75) is 50.6 Å². The van der Waals surface area contributed by atoms with E-state index in [0.29, 0.717) is 6.04 Å². The first-order chi connectivity index (χ1) is 7.79. The number of nitrogens with zero attached hydrogens (tertiary/aromatic N) is 1. The van der Waals surface area contributed by atoms with Crippen LogP contribution >= 0.6 is 11.8 Å². The molecule has 2 fully saturated rings. The summed E-state index contributed by atoms with van der Waals surface area (Å²) in [5, 5.41) is 9.25. The highest BCUT2D eigenvalue weighted by atomic mass is 32.2. The molecule has 2 aliphatic rings. The van der Waals surface area contributed by atoms with Crippen LogP contribution in [0.1, 0.15) is 38.5 Å². The van der Waals surface area contributed by atoms with Crippen LogP contribution in [0, 0.1) is 0 Å². The van der Waals surface area contributed by atoms with Crippen molar-refractivity contribution in [1.29, 1.82) is 0 Å². The zero-order valence-corrected chi connectivity index (χ0v) is 10.5. The molecule has 1 aliphatic heterocycles. The van der Waals surface area contributed by atoms with Crippen molar-refractivity contribution < 1.29 is 9.90 Å². The van der Waals surface area contributed by atoms with Gasteiger partial charge in [0.15, 0.2) is 0 Å². The van der Waals surface area contributed by atoms with Crippen LogP contribution in [0.25, 0.3) is 0 Å². The second-order valence-corrected chi connectivity index (χ2v) is 5.96. The SMILES string of the molecule is O=C(O)C1CSCCN1C1CCCCCC1. The number of aliphatic carboxylic acids is 1. The quantitative estimate of drug-likeness (QED) is 0.755. The molecule has 1 aliphatic carbocycles. The molecule has 0 bridgehead atoms. The molecule has 0 spiro atoms. The summed E-state index contributed by atoms with van der Waals surface area (Å²) in [6.45, 7) is 0.965. The fourth-order valence-electron chi connectivity index (χ4n) is 2.86. The molecule has 1 N–H and O–H groups in total. The van der Waals surface area contributed by atoms with Crippen molar-refractivity contribution >= 4 is 17.7 Å². The fourth-order valence-corrected chi connectivity index (χ4v) is 3.92. The Hall–Kier alpha value is -0.220. The first-order valence-corrected chi connectivity index (χ1v) is 7.51. The third kappa shape index (κ3) is 2.92. The standard InChI is InChI=1S/C12H21NO2S/c14-12(15)11-9-16-8-7-13(11)10-5-3-1-2-4-6-10/h10-11H,1-9H2,(H,14,15). The molecule has 1 heterocycles. The topological polar surface area (TPSA) is 40.5 Å². The van der Waals surface area contributed by atoms with Crippen molar-refractivity contribution in [3.8, 4) is 0 Å². The Kier molecular flexibility index (Phi) is 4.53. The number of rotatable bonds is 2. The van der Waals surface area contributed by atoms with E-state index in [1.807, 2.05) is 0 Å². The molecular formula is C12H21NO2S. The zero-order chi connectivity index (χ0) is 11.4. The Morgan fingerprint density at radius 1 is 1.19 bits per heavy atom. The smallest absolute Gasteiger partial charge is 0.321 e. The van der Waals surface area contributed by atoms with Gasteiger partial charge in [-0.05, 0) is 12.8 Å². The van der Waals surface area contributed by atoms with E-state index in [1.165, 1.54) is 38.5 Å². The molecule has 0 aromatic carbocycles. The molecule has 1 unspecified atom stereocenters. The van der Waals surface area contributed by atoms with Gasteiger partial charge in [0.25, 0.3) is 0 Å². The summed E-state index contributed by atoms with van der Waals surface area (Å²) in [6.07, 6.45) is 7.62. The molecule has 0 radical (unpaired) electrons. The first-order valence-electron chi connectivity index (χ1n) is 6.35. The predicted molar refractivity (Wildman–Crippen MR) is 66.9 cm³/mol. The molecule has 2 rings (SSSR count). The Morgan fingerprint density at radius 2 is 1.88 bits per heavy atom. The van der Waals surface area contributed by atoms with Crippen LogP contribution < -0.4 is 0 Å². The number of carboxylic acid groups (broad SMARTS) is 1. The summed E-state index contributed by atoms with van der Waals surface area (Å²) in [4.78, 5) is 13.5. The largest absolute Gasteiger partial charge is 0.480 e. The van der Waals surface area contributed by atoms with E-state index in [9.17, 15) is 9.90 Å². The lowest BCUT2D eigenvalue weighted by molar-refractivity contribution is -0.143. The van der Waals surface area contributed by atoms with Crippen molar-refractivity contribution in [1.82, 2.24) is 4.90 Å². The molecule has 4 heteroatoms. The lowest BCUT2D eigenvalue weighted by Gasteiger charge is -2.38. The van der Waals surface area contributed by atoms with Crippen LogP contribution in [-0.2, 0) is 4.79 Å². The average molecular weight is 243 g/mol. The van der Waals surface area contributed by atoms with Gasteiger partial charge in [0.2, 0.25) is 0 Å². The number of hydrogen-bond acceptors (Lipinski definition) is 3. The summed E-state index contributed by atoms with van der Waals surface area (Å²) in [5.41, 5.74) is 0. The van der Waals surface area contributed by atoms with Crippen molar-refractivity contribution in [2.75, 3.05) is 18.1 Å². The Labute approximate surface area is 102 Å². The van der Waals surface area contributed by atoms with Crippen LogP contribution in [0.3, 0.4) is 0 Å². The predicted octanol–water partition coefficient (Wildman–Crippen LogP) is 2.21. The maximum absolute atomic E-state index is 11.2. The Bertz CT molecular complexity index is 239. The van der Waals surface area contributed by atoms with E-state index < -0.39 is 5.97 Å². The lowest BCUT2D eigenvalue weighted by atomic mass is 10.0. The average Bonchev–Trinajstić information content (AvgIpc) is 2.57. The maximum atomic E-state index is 11.2. The second-order valence-electron chi connectivity index (χ2n) is 4.81. The third-order valence-electron chi connectivity index (χ3n) is 3.75. The van der Waals surface area contributed by atoms with Gasteiger partial charge in [0.05, 0.1) is 0 Å². The van der Waals surface area contributed by atoms with E-state index in [1.54, 1.807) is 11.8 Å². The molecule has 1 atom stereocenters. The Morgan fingerprint density at radius 3 is 2.50 bits per heavy atom. The van der Waals surface area contributed by atoms with Gasteiger partial charge in [0, 0.05) is 24.1 Å². The Balaban J connectivity index is 2.00. The van der Waals surface area contributed by atoms with Gasteiger partial charge >= 0.3 is 5.97 Å². The van der Waals surface area contributed by atoms with Gasteiger partial charge in [-0.3, -0.25) is 9.69 Å². The normalized spacial score (nSPS) is 29.9. The van der Waals surface area contributed by atoms with Crippen LogP contribution in [0.4, 0.5) is 0 Å². The minimum absolute atomic E-state index is 0.234. The number of carbonyl (C=O) groups is 1. The minimum Gasteiger partial charge on any atom is -0.480 e. The van der Waals surface area contributed by atoms with Crippen LogP contribution in [0.15, 0.2) is 0 Å². The number of hydrogen-bond donors (Lipinski definition) is 1. The van der Waals surface area contributed by atoms with Gasteiger partial charge in [-0.25, -0.2) is 0 Å². The molecule has 1 saturated heterocycles. The van der Waals surface area contributed by atoms with Crippen LogP contribution in [0.5, 0.6) is 0 Å². The zero-order valence-electron chi connectivity index (χ0n) is 9.73.